The van der Waals surface area contributed by atoms with Crippen LogP contribution in [0.3, 0.4) is 0 Å². The molecule has 2 rings (SSSR count). The van der Waals surface area contributed by atoms with Crippen molar-refractivity contribution >= 4 is 5.97 Å². The van der Waals surface area contributed by atoms with Crippen molar-refractivity contribution < 1.29 is 14.1 Å². The number of carbonyl (C=O) groups is 1. The van der Waals surface area contributed by atoms with Gasteiger partial charge in [-0.15, -0.1) is 0 Å². The van der Waals surface area contributed by atoms with Crippen LogP contribution in [-0.4, -0.2) is 23.8 Å². The van der Waals surface area contributed by atoms with Crippen LogP contribution in [0.4, 0.5) is 0 Å². The summed E-state index contributed by atoms with van der Waals surface area (Å²) in [6.07, 6.45) is 3.87. The quantitative estimate of drug-likeness (QED) is 0.840. The van der Waals surface area contributed by atoms with Gasteiger partial charge in [-0.05, 0) is 46.5 Å². The summed E-state index contributed by atoms with van der Waals surface area (Å²) in [5, 5.41) is 7.50. The van der Waals surface area contributed by atoms with Gasteiger partial charge in [-0.25, -0.2) is 0 Å². The molecule has 1 fully saturated rings. The molecule has 0 bridgehead atoms. The SMILES string of the molecule is CCOC(=O)C1CCC(NCc2c(C)noc2C)CC1. The van der Waals surface area contributed by atoms with E-state index in [0.717, 1.165) is 49.2 Å². The minimum atomic E-state index is -0.0309. The molecule has 0 saturated heterocycles. The van der Waals surface area contributed by atoms with Crippen molar-refractivity contribution in [1.82, 2.24) is 10.5 Å². The smallest absolute Gasteiger partial charge is 0.308 e. The maximum Gasteiger partial charge on any atom is 0.308 e. The van der Waals surface area contributed by atoms with Gasteiger partial charge >= 0.3 is 5.97 Å². The molecule has 112 valence electrons. The first-order chi connectivity index (χ1) is 9.61. The third-order valence-electron chi connectivity index (χ3n) is 4.10. The predicted octanol–water partition coefficient (Wildman–Crippen LogP) is 2.50. The van der Waals surface area contributed by atoms with E-state index in [2.05, 4.69) is 10.5 Å². The topological polar surface area (TPSA) is 64.4 Å². The van der Waals surface area contributed by atoms with E-state index in [1.165, 1.54) is 0 Å². The summed E-state index contributed by atoms with van der Waals surface area (Å²) in [5.41, 5.74) is 2.10. The molecule has 20 heavy (non-hydrogen) atoms. The number of aryl methyl sites for hydroxylation is 2. The first-order valence-corrected chi connectivity index (χ1v) is 7.43. The van der Waals surface area contributed by atoms with Gasteiger partial charge in [0.05, 0.1) is 18.2 Å². The molecule has 0 unspecified atom stereocenters. The minimum absolute atomic E-state index is 0.0309. The number of nitrogens with zero attached hydrogens (tertiary/aromatic N) is 1. The maximum absolute atomic E-state index is 11.7. The lowest BCUT2D eigenvalue weighted by Crippen LogP contribution is -2.35. The van der Waals surface area contributed by atoms with Crippen molar-refractivity contribution in [2.45, 2.75) is 59.0 Å². The Labute approximate surface area is 120 Å². The van der Waals surface area contributed by atoms with E-state index in [-0.39, 0.29) is 11.9 Å². The first kappa shape index (κ1) is 15.0. The highest BCUT2D eigenvalue weighted by atomic mass is 16.5. The Morgan fingerprint density at radius 2 is 2.05 bits per heavy atom. The molecule has 1 N–H and O–H groups in total. The summed E-state index contributed by atoms with van der Waals surface area (Å²) in [6, 6.07) is 0.467. The molecule has 0 spiro atoms. The third-order valence-corrected chi connectivity index (χ3v) is 4.10. The van der Waals surface area contributed by atoms with Crippen LogP contribution in [0.1, 0.15) is 49.6 Å². The summed E-state index contributed by atoms with van der Waals surface area (Å²) in [4.78, 5) is 11.7. The number of ether oxygens (including phenoxy) is 1. The van der Waals surface area contributed by atoms with Crippen LogP contribution in [0, 0.1) is 19.8 Å². The van der Waals surface area contributed by atoms with Crippen molar-refractivity contribution in [3.63, 3.8) is 0 Å². The average molecular weight is 280 g/mol. The number of aromatic nitrogens is 1. The highest BCUT2D eigenvalue weighted by Gasteiger charge is 2.27. The van der Waals surface area contributed by atoms with Crippen LogP contribution in [0.25, 0.3) is 0 Å². The normalized spacial score (nSPS) is 22.8. The Morgan fingerprint density at radius 1 is 1.35 bits per heavy atom. The lowest BCUT2D eigenvalue weighted by Gasteiger charge is -2.27. The minimum Gasteiger partial charge on any atom is -0.466 e. The van der Waals surface area contributed by atoms with Crippen LogP contribution >= 0.6 is 0 Å². The molecule has 1 aliphatic carbocycles. The lowest BCUT2D eigenvalue weighted by molar-refractivity contribution is -0.149. The van der Waals surface area contributed by atoms with Crippen LogP contribution in [0.2, 0.25) is 0 Å². The van der Waals surface area contributed by atoms with Crippen molar-refractivity contribution in [3.05, 3.63) is 17.0 Å². The average Bonchev–Trinajstić information content (AvgIpc) is 2.77. The Hall–Kier alpha value is -1.36. The zero-order chi connectivity index (χ0) is 14.5. The van der Waals surface area contributed by atoms with E-state index in [0.29, 0.717) is 12.6 Å². The molecule has 0 atom stereocenters. The molecule has 1 aliphatic rings. The second-order valence-electron chi connectivity index (χ2n) is 5.48. The molecular formula is C15H24N2O3. The first-order valence-electron chi connectivity index (χ1n) is 7.43. The summed E-state index contributed by atoms with van der Waals surface area (Å²) in [7, 11) is 0. The van der Waals surface area contributed by atoms with Gasteiger partial charge in [0.2, 0.25) is 0 Å². The zero-order valence-corrected chi connectivity index (χ0v) is 12.6. The van der Waals surface area contributed by atoms with Crippen molar-refractivity contribution in [3.8, 4) is 0 Å². The molecule has 1 heterocycles. The van der Waals surface area contributed by atoms with E-state index >= 15 is 0 Å². The van der Waals surface area contributed by atoms with Gasteiger partial charge in [0.15, 0.2) is 0 Å². The van der Waals surface area contributed by atoms with Gasteiger partial charge in [0.1, 0.15) is 5.76 Å². The third kappa shape index (κ3) is 3.60. The molecule has 1 saturated carbocycles. The van der Waals surface area contributed by atoms with Gasteiger partial charge in [-0.1, -0.05) is 5.16 Å². The summed E-state index contributed by atoms with van der Waals surface area (Å²) < 4.78 is 10.2. The van der Waals surface area contributed by atoms with E-state index in [4.69, 9.17) is 9.26 Å². The fourth-order valence-corrected chi connectivity index (χ4v) is 2.79. The van der Waals surface area contributed by atoms with Crippen LogP contribution in [0.5, 0.6) is 0 Å². The Bertz CT molecular complexity index is 428. The number of hydrogen-bond donors (Lipinski definition) is 1. The summed E-state index contributed by atoms with van der Waals surface area (Å²) in [6.45, 7) is 7.02. The van der Waals surface area contributed by atoms with Gasteiger partial charge in [0.25, 0.3) is 0 Å². The van der Waals surface area contributed by atoms with Crippen molar-refractivity contribution in [2.75, 3.05) is 6.61 Å². The molecular weight excluding hydrogens is 256 g/mol. The van der Waals surface area contributed by atoms with Gasteiger partial charge in [0, 0.05) is 18.2 Å². The number of rotatable bonds is 5. The van der Waals surface area contributed by atoms with Crippen LogP contribution in [-0.2, 0) is 16.1 Å². The Kier molecular flexibility index (Phi) is 5.17. The van der Waals surface area contributed by atoms with E-state index in [9.17, 15) is 4.79 Å². The highest BCUT2D eigenvalue weighted by Crippen LogP contribution is 2.26. The van der Waals surface area contributed by atoms with E-state index < -0.39 is 0 Å². The highest BCUT2D eigenvalue weighted by molar-refractivity contribution is 5.72. The zero-order valence-electron chi connectivity index (χ0n) is 12.6. The van der Waals surface area contributed by atoms with Crippen LogP contribution in [0.15, 0.2) is 4.52 Å². The Morgan fingerprint density at radius 3 is 2.60 bits per heavy atom. The number of hydrogen-bond acceptors (Lipinski definition) is 5. The van der Waals surface area contributed by atoms with Crippen LogP contribution < -0.4 is 5.32 Å². The number of nitrogens with one attached hydrogen (secondary N) is 1. The van der Waals surface area contributed by atoms with E-state index in [1.807, 2.05) is 20.8 Å². The molecule has 0 amide bonds. The Balaban J connectivity index is 1.76. The molecule has 1 aromatic rings. The number of carbonyl (C=O) groups excluding carboxylic acids is 1. The fourth-order valence-electron chi connectivity index (χ4n) is 2.79. The molecule has 0 aliphatic heterocycles. The van der Waals surface area contributed by atoms with Gasteiger partial charge in [-0.2, -0.15) is 0 Å². The predicted molar refractivity (Wildman–Crippen MR) is 75.2 cm³/mol. The summed E-state index contributed by atoms with van der Waals surface area (Å²) in [5.74, 6) is 0.943. The van der Waals surface area contributed by atoms with Crippen molar-refractivity contribution in [1.29, 1.82) is 0 Å². The van der Waals surface area contributed by atoms with Crippen molar-refractivity contribution in [2.24, 2.45) is 5.92 Å². The summed E-state index contributed by atoms with van der Waals surface area (Å²) >= 11 is 0. The van der Waals surface area contributed by atoms with Gasteiger partial charge in [-0.3, -0.25) is 4.79 Å². The lowest BCUT2D eigenvalue weighted by atomic mass is 9.86. The standard InChI is InChI=1S/C15H24N2O3/c1-4-19-15(18)12-5-7-13(8-6-12)16-9-14-10(2)17-20-11(14)3/h12-13,16H,4-9H2,1-3H3. The van der Waals surface area contributed by atoms with E-state index in [1.54, 1.807) is 0 Å². The molecule has 5 nitrogen and oxygen atoms in total. The second-order valence-corrected chi connectivity index (χ2v) is 5.48. The maximum atomic E-state index is 11.7. The molecule has 1 aromatic heterocycles. The monoisotopic (exact) mass is 280 g/mol. The second kappa shape index (κ2) is 6.88. The molecule has 5 heteroatoms. The number of esters is 1. The van der Waals surface area contributed by atoms with Gasteiger partial charge < -0.3 is 14.6 Å². The largest absolute Gasteiger partial charge is 0.466 e. The fraction of sp³-hybridized carbons (Fsp3) is 0.733. The molecule has 0 aromatic carbocycles. The molecule has 0 radical (unpaired) electrons.